The average molecular weight is 316 g/mol. The van der Waals surface area contributed by atoms with E-state index in [9.17, 15) is 4.39 Å². The van der Waals surface area contributed by atoms with Crippen LogP contribution in [-0.2, 0) is 6.54 Å². The van der Waals surface area contributed by atoms with Crippen LogP contribution in [0.2, 0.25) is 0 Å². The number of benzene rings is 2. The molecule has 0 N–H and O–H groups in total. The molecule has 24 heavy (non-hydrogen) atoms. The Kier molecular flexibility index (Phi) is 3.62. The Morgan fingerprint density at radius 3 is 2.54 bits per heavy atom. The van der Waals surface area contributed by atoms with Crippen LogP contribution in [0.15, 0.2) is 73.1 Å². The SMILES string of the molecule is Cc1ccc(Cn2ccc3nc(-c4ccccc4F)cc-3c2)cc1. The number of pyridine rings is 1. The van der Waals surface area contributed by atoms with E-state index in [1.54, 1.807) is 12.1 Å². The average Bonchev–Trinajstić information content (AvgIpc) is 3.00. The summed E-state index contributed by atoms with van der Waals surface area (Å²) in [6.45, 7) is 2.89. The first-order chi connectivity index (χ1) is 11.7. The van der Waals surface area contributed by atoms with Crippen molar-refractivity contribution in [2.45, 2.75) is 13.5 Å². The van der Waals surface area contributed by atoms with E-state index in [-0.39, 0.29) is 5.82 Å². The zero-order valence-corrected chi connectivity index (χ0v) is 13.4. The van der Waals surface area contributed by atoms with Crippen LogP contribution in [0.1, 0.15) is 11.1 Å². The zero-order chi connectivity index (χ0) is 16.5. The third-order valence-electron chi connectivity index (χ3n) is 4.19. The molecule has 2 aromatic rings. The number of fused-ring (bicyclic) bond motifs is 1. The van der Waals surface area contributed by atoms with Gasteiger partial charge in [-0.1, -0.05) is 42.0 Å². The fraction of sp³-hybridized carbons (Fsp3) is 0.0952. The number of nitrogens with zero attached hydrogens (tertiary/aromatic N) is 2. The molecule has 2 heterocycles. The highest BCUT2D eigenvalue weighted by Gasteiger charge is 2.13. The van der Waals surface area contributed by atoms with Crippen molar-refractivity contribution in [2.24, 2.45) is 0 Å². The minimum Gasteiger partial charge on any atom is -0.349 e. The van der Waals surface area contributed by atoms with E-state index in [1.807, 2.05) is 24.4 Å². The predicted octanol–water partition coefficient (Wildman–Crippen LogP) is 5.15. The highest BCUT2D eigenvalue weighted by atomic mass is 19.1. The largest absolute Gasteiger partial charge is 0.349 e. The van der Waals surface area contributed by atoms with Crippen molar-refractivity contribution in [3.63, 3.8) is 0 Å². The van der Waals surface area contributed by atoms with E-state index in [2.05, 4.69) is 46.9 Å². The van der Waals surface area contributed by atoms with Gasteiger partial charge in [-0.2, -0.15) is 0 Å². The Morgan fingerprint density at radius 2 is 1.75 bits per heavy atom. The second kappa shape index (κ2) is 5.93. The summed E-state index contributed by atoms with van der Waals surface area (Å²) in [7, 11) is 0. The van der Waals surface area contributed by atoms with Crippen LogP contribution < -0.4 is 0 Å². The Balaban J connectivity index is 1.68. The summed E-state index contributed by atoms with van der Waals surface area (Å²) >= 11 is 0. The maximum Gasteiger partial charge on any atom is 0.132 e. The number of rotatable bonds is 3. The van der Waals surface area contributed by atoms with Crippen LogP contribution in [-0.4, -0.2) is 9.55 Å². The standard InChI is InChI=1S/C21H17FN2/c1-15-6-8-16(9-7-15)13-24-11-10-20-17(14-24)12-21(23-20)18-4-2-3-5-19(18)22/h2-12,14H,13H2,1H3. The van der Waals surface area contributed by atoms with Crippen molar-refractivity contribution in [3.8, 4) is 22.5 Å². The van der Waals surface area contributed by atoms with Gasteiger partial charge in [0.25, 0.3) is 0 Å². The predicted molar refractivity (Wildman–Crippen MR) is 94.5 cm³/mol. The lowest BCUT2D eigenvalue weighted by Crippen LogP contribution is -2.00. The van der Waals surface area contributed by atoms with Crippen molar-refractivity contribution in [1.82, 2.24) is 9.55 Å². The minimum absolute atomic E-state index is 0.243. The van der Waals surface area contributed by atoms with Gasteiger partial charge in [0.05, 0.1) is 11.4 Å². The number of aryl methyl sites for hydroxylation is 1. The van der Waals surface area contributed by atoms with Crippen LogP contribution in [0.4, 0.5) is 4.39 Å². The fourth-order valence-electron chi connectivity index (χ4n) is 2.88. The molecule has 0 saturated heterocycles. The van der Waals surface area contributed by atoms with Crippen LogP contribution in [0.5, 0.6) is 0 Å². The van der Waals surface area contributed by atoms with Crippen molar-refractivity contribution in [2.75, 3.05) is 0 Å². The molecule has 0 saturated carbocycles. The number of halogens is 1. The normalized spacial score (nSPS) is 11.1. The monoisotopic (exact) mass is 316 g/mol. The molecule has 2 aromatic carbocycles. The van der Waals surface area contributed by atoms with E-state index >= 15 is 0 Å². The molecule has 3 heteroatoms. The van der Waals surface area contributed by atoms with Gasteiger partial charge in [0.1, 0.15) is 5.82 Å². The lowest BCUT2D eigenvalue weighted by molar-refractivity contribution is 0.631. The molecule has 0 spiro atoms. The van der Waals surface area contributed by atoms with E-state index in [1.165, 1.54) is 17.2 Å². The molecular formula is C21H17FN2. The van der Waals surface area contributed by atoms with Crippen molar-refractivity contribution in [3.05, 3.63) is 90.0 Å². The third kappa shape index (κ3) is 2.81. The Morgan fingerprint density at radius 1 is 0.958 bits per heavy atom. The molecule has 4 rings (SSSR count). The molecule has 0 bridgehead atoms. The van der Waals surface area contributed by atoms with Crippen molar-refractivity contribution >= 4 is 0 Å². The first-order valence-electron chi connectivity index (χ1n) is 7.96. The summed E-state index contributed by atoms with van der Waals surface area (Å²) in [5, 5.41) is 0. The molecule has 0 fully saturated rings. The van der Waals surface area contributed by atoms with Crippen LogP contribution in [0, 0.1) is 12.7 Å². The first kappa shape index (κ1) is 14.6. The van der Waals surface area contributed by atoms with Gasteiger partial charge in [0, 0.05) is 30.1 Å². The van der Waals surface area contributed by atoms with Gasteiger partial charge >= 0.3 is 0 Å². The van der Waals surface area contributed by atoms with E-state index in [4.69, 9.17) is 0 Å². The van der Waals surface area contributed by atoms with Crippen LogP contribution in [0.25, 0.3) is 22.5 Å². The number of hydrogen-bond acceptors (Lipinski definition) is 1. The second-order valence-corrected chi connectivity index (χ2v) is 6.06. The molecule has 118 valence electrons. The van der Waals surface area contributed by atoms with Gasteiger partial charge in [-0.15, -0.1) is 0 Å². The number of aromatic nitrogens is 2. The van der Waals surface area contributed by atoms with E-state index < -0.39 is 0 Å². The van der Waals surface area contributed by atoms with E-state index in [0.717, 1.165) is 17.8 Å². The molecule has 2 aliphatic heterocycles. The summed E-state index contributed by atoms with van der Waals surface area (Å²) in [4.78, 5) is 4.55. The summed E-state index contributed by atoms with van der Waals surface area (Å²) in [5.74, 6) is -0.243. The highest BCUT2D eigenvalue weighted by Crippen LogP contribution is 2.29. The molecule has 0 atom stereocenters. The van der Waals surface area contributed by atoms with Gasteiger partial charge in [0.2, 0.25) is 0 Å². The van der Waals surface area contributed by atoms with Crippen LogP contribution in [0.3, 0.4) is 0 Å². The lowest BCUT2D eigenvalue weighted by atomic mass is 10.1. The number of hydrogen-bond donors (Lipinski definition) is 0. The highest BCUT2D eigenvalue weighted by molar-refractivity contribution is 5.73. The zero-order valence-electron chi connectivity index (χ0n) is 13.4. The Labute approximate surface area is 140 Å². The van der Waals surface area contributed by atoms with Crippen molar-refractivity contribution in [1.29, 1.82) is 0 Å². The quantitative estimate of drug-likeness (QED) is 0.511. The maximum absolute atomic E-state index is 14.0. The minimum atomic E-state index is -0.243. The first-order valence-corrected chi connectivity index (χ1v) is 7.96. The van der Waals surface area contributed by atoms with Crippen LogP contribution >= 0.6 is 0 Å². The summed E-state index contributed by atoms with van der Waals surface area (Å²) < 4.78 is 16.1. The molecule has 0 unspecified atom stereocenters. The molecular weight excluding hydrogens is 299 g/mol. The van der Waals surface area contributed by atoms with Gasteiger partial charge in [-0.25, -0.2) is 9.37 Å². The molecule has 0 aromatic heterocycles. The van der Waals surface area contributed by atoms with Gasteiger partial charge in [-0.3, -0.25) is 0 Å². The van der Waals surface area contributed by atoms with Gasteiger partial charge < -0.3 is 4.57 Å². The third-order valence-corrected chi connectivity index (χ3v) is 4.19. The summed E-state index contributed by atoms with van der Waals surface area (Å²) in [5.41, 5.74) is 5.62. The van der Waals surface area contributed by atoms with Gasteiger partial charge in [0.15, 0.2) is 0 Å². The molecule has 2 nitrogen and oxygen atoms in total. The molecule has 2 aliphatic rings. The lowest BCUT2D eigenvalue weighted by Gasteiger charge is -2.09. The molecule has 0 aliphatic carbocycles. The molecule has 0 radical (unpaired) electrons. The summed E-state index contributed by atoms with van der Waals surface area (Å²) in [6.07, 6.45) is 4.08. The van der Waals surface area contributed by atoms with Crippen molar-refractivity contribution < 1.29 is 4.39 Å². The summed E-state index contributed by atoms with van der Waals surface area (Å²) in [6, 6.07) is 19.2. The smallest absolute Gasteiger partial charge is 0.132 e. The topological polar surface area (TPSA) is 17.8 Å². The Hall–Kier alpha value is -2.94. The fourth-order valence-corrected chi connectivity index (χ4v) is 2.88. The van der Waals surface area contributed by atoms with E-state index in [0.29, 0.717) is 11.3 Å². The maximum atomic E-state index is 14.0. The Bertz CT molecular complexity index is 954. The van der Waals surface area contributed by atoms with Gasteiger partial charge in [-0.05, 0) is 36.8 Å². The second-order valence-electron chi connectivity index (χ2n) is 6.06. The molecule has 0 amide bonds.